The van der Waals surface area contributed by atoms with E-state index < -0.39 is 0 Å². The molecule has 2 aromatic heterocycles. The van der Waals surface area contributed by atoms with Crippen molar-refractivity contribution < 1.29 is 0 Å². The second kappa shape index (κ2) is 6.78. The van der Waals surface area contributed by atoms with Crippen LogP contribution in [0, 0.1) is 0 Å². The summed E-state index contributed by atoms with van der Waals surface area (Å²) in [5, 5.41) is 5.91. The molecule has 0 saturated heterocycles. The van der Waals surface area contributed by atoms with Crippen LogP contribution in [0.3, 0.4) is 0 Å². The van der Waals surface area contributed by atoms with Crippen molar-refractivity contribution >= 4 is 27.8 Å². The molecule has 1 N–H and O–H groups in total. The molecule has 2 heterocycles. The summed E-state index contributed by atoms with van der Waals surface area (Å²) in [5.41, 5.74) is 3.19. The van der Waals surface area contributed by atoms with Crippen molar-refractivity contribution in [3.8, 4) is 5.82 Å². The van der Waals surface area contributed by atoms with Gasteiger partial charge in [0.1, 0.15) is 12.1 Å². The van der Waals surface area contributed by atoms with Crippen LogP contribution in [0.5, 0.6) is 0 Å². The maximum atomic E-state index is 4.71. The summed E-state index contributed by atoms with van der Waals surface area (Å²) >= 11 is 0. The highest BCUT2D eigenvalue weighted by Crippen LogP contribution is 2.26. The van der Waals surface area contributed by atoms with Gasteiger partial charge in [-0.15, -0.1) is 0 Å². The standard InChI is InChI=1S/C23H19N5/c1-16(18-10-6-8-17-7-2-3-9-19(17)18)26-23-24-14-13-22(27-23)28-15-25-20-11-4-5-12-21(20)28/h2-16H,1H3,(H,24,26,27)/t16-/m0/s1. The lowest BCUT2D eigenvalue weighted by Crippen LogP contribution is -2.11. The summed E-state index contributed by atoms with van der Waals surface area (Å²) < 4.78 is 1.98. The van der Waals surface area contributed by atoms with E-state index in [4.69, 9.17) is 4.98 Å². The maximum absolute atomic E-state index is 4.71. The van der Waals surface area contributed by atoms with Crippen LogP contribution >= 0.6 is 0 Å². The van der Waals surface area contributed by atoms with E-state index in [0.29, 0.717) is 5.95 Å². The number of nitrogens with one attached hydrogen (secondary N) is 1. The fourth-order valence-electron chi connectivity index (χ4n) is 3.59. The van der Waals surface area contributed by atoms with E-state index in [1.165, 1.54) is 16.3 Å². The minimum Gasteiger partial charge on any atom is -0.348 e. The SMILES string of the molecule is C[C@H](Nc1nccc(-n2cnc3ccccc32)n1)c1cccc2ccccc12. The molecule has 136 valence electrons. The normalized spacial score (nSPS) is 12.3. The first-order chi connectivity index (χ1) is 13.8. The van der Waals surface area contributed by atoms with Gasteiger partial charge in [-0.1, -0.05) is 54.6 Å². The molecule has 0 fully saturated rings. The van der Waals surface area contributed by atoms with Crippen LogP contribution in [0.4, 0.5) is 5.95 Å². The molecule has 0 bridgehead atoms. The number of imidazole rings is 1. The van der Waals surface area contributed by atoms with Gasteiger partial charge < -0.3 is 5.32 Å². The van der Waals surface area contributed by atoms with Crippen LogP contribution in [0.25, 0.3) is 27.6 Å². The quantitative estimate of drug-likeness (QED) is 0.479. The van der Waals surface area contributed by atoms with Crippen molar-refractivity contribution in [3.63, 3.8) is 0 Å². The Morgan fingerprint density at radius 3 is 2.64 bits per heavy atom. The highest BCUT2D eigenvalue weighted by molar-refractivity contribution is 5.86. The summed E-state index contributed by atoms with van der Waals surface area (Å²) in [6.45, 7) is 2.13. The fraction of sp³-hybridized carbons (Fsp3) is 0.0870. The monoisotopic (exact) mass is 365 g/mol. The van der Waals surface area contributed by atoms with Crippen molar-refractivity contribution in [3.05, 3.63) is 90.9 Å². The predicted octanol–water partition coefficient (Wildman–Crippen LogP) is 5.14. The van der Waals surface area contributed by atoms with Crippen molar-refractivity contribution in [2.24, 2.45) is 0 Å². The molecule has 0 saturated carbocycles. The zero-order valence-electron chi connectivity index (χ0n) is 15.4. The molecule has 28 heavy (non-hydrogen) atoms. The van der Waals surface area contributed by atoms with Crippen molar-refractivity contribution in [1.82, 2.24) is 19.5 Å². The number of hydrogen-bond donors (Lipinski definition) is 1. The van der Waals surface area contributed by atoms with E-state index in [0.717, 1.165) is 16.9 Å². The average Bonchev–Trinajstić information content (AvgIpc) is 3.18. The molecule has 3 aromatic carbocycles. The molecule has 0 radical (unpaired) electrons. The highest BCUT2D eigenvalue weighted by Gasteiger charge is 2.12. The Bertz CT molecular complexity index is 1270. The number of anilines is 1. The number of hydrogen-bond acceptors (Lipinski definition) is 4. The van der Waals surface area contributed by atoms with Crippen LogP contribution in [0.2, 0.25) is 0 Å². The lowest BCUT2D eigenvalue weighted by Gasteiger charge is -2.17. The van der Waals surface area contributed by atoms with Gasteiger partial charge in [0.05, 0.1) is 17.1 Å². The molecule has 5 nitrogen and oxygen atoms in total. The van der Waals surface area contributed by atoms with Gasteiger partial charge in [0.2, 0.25) is 5.95 Å². The third-order valence-electron chi connectivity index (χ3n) is 4.98. The van der Waals surface area contributed by atoms with Gasteiger partial charge in [-0.25, -0.2) is 9.97 Å². The molecule has 5 aromatic rings. The molecular weight excluding hydrogens is 346 g/mol. The smallest absolute Gasteiger partial charge is 0.225 e. The maximum Gasteiger partial charge on any atom is 0.225 e. The number of benzene rings is 3. The Hall–Kier alpha value is -3.73. The molecule has 1 atom stereocenters. The fourth-order valence-corrected chi connectivity index (χ4v) is 3.59. The highest BCUT2D eigenvalue weighted by atomic mass is 15.2. The Balaban J connectivity index is 1.48. The summed E-state index contributed by atoms with van der Waals surface area (Å²) in [4.78, 5) is 13.6. The molecule has 5 rings (SSSR count). The molecule has 0 aliphatic rings. The van der Waals surface area contributed by atoms with Crippen LogP contribution < -0.4 is 5.32 Å². The minimum absolute atomic E-state index is 0.0703. The molecule has 0 unspecified atom stereocenters. The van der Waals surface area contributed by atoms with Crippen molar-refractivity contribution in [1.29, 1.82) is 0 Å². The van der Waals surface area contributed by atoms with Gasteiger partial charge in [-0.05, 0) is 41.5 Å². The second-order valence-corrected chi connectivity index (χ2v) is 6.78. The lowest BCUT2D eigenvalue weighted by atomic mass is 10.00. The largest absolute Gasteiger partial charge is 0.348 e. The van der Waals surface area contributed by atoms with Gasteiger partial charge in [-0.3, -0.25) is 4.57 Å². The summed E-state index contributed by atoms with van der Waals surface area (Å²) in [5.74, 6) is 1.38. The van der Waals surface area contributed by atoms with Gasteiger partial charge in [0, 0.05) is 6.20 Å². The van der Waals surface area contributed by atoms with E-state index in [9.17, 15) is 0 Å². The number of fused-ring (bicyclic) bond motifs is 2. The molecule has 0 amide bonds. The van der Waals surface area contributed by atoms with E-state index in [2.05, 4.69) is 64.7 Å². The van der Waals surface area contributed by atoms with Crippen LogP contribution in [-0.2, 0) is 0 Å². The molecular formula is C23H19N5. The van der Waals surface area contributed by atoms with Crippen LogP contribution in [0.15, 0.2) is 85.3 Å². The third-order valence-corrected chi connectivity index (χ3v) is 4.98. The summed E-state index contributed by atoms with van der Waals surface area (Å²) in [6.07, 6.45) is 3.57. The number of para-hydroxylation sites is 2. The Kier molecular flexibility index (Phi) is 3.98. The van der Waals surface area contributed by atoms with E-state index in [1.807, 2.05) is 34.9 Å². The van der Waals surface area contributed by atoms with Crippen molar-refractivity contribution in [2.45, 2.75) is 13.0 Å². The van der Waals surface area contributed by atoms with Gasteiger partial charge in [0.25, 0.3) is 0 Å². The number of nitrogens with zero attached hydrogens (tertiary/aromatic N) is 4. The third kappa shape index (κ3) is 2.87. The Morgan fingerprint density at radius 1 is 0.857 bits per heavy atom. The molecule has 0 aliphatic carbocycles. The molecule has 0 aliphatic heterocycles. The number of aromatic nitrogens is 4. The first-order valence-corrected chi connectivity index (χ1v) is 9.29. The first kappa shape index (κ1) is 16.4. The van der Waals surface area contributed by atoms with Crippen LogP contribution in [0.1, 0.15) is 18.5 Å². The first-order valence-electron chi connectivity index (χ1n) is 9.29. The molecule has 5 heteroatoms. The topological polar surface area (TPSA) is 55.6 Å². The zero-order valence-corrected chi connectivity index (χ0v) is 15.4. The van der Waals surface area contributed by atoms with E-state index in [1.54, 1.807) is 12.5 Å². The average molecular weight is 365 g/mol. The van der Waals surface area contributed by atoms with Crippen LogP contribution in [-0.4, -0.2) is 19.5 Å². The summed E-state index contributed by atoms with van der Waals surface area (Å²) in [7, 11) is 0. The Labute approximate surface area is 162 Å². The lowest BCUT2D eigenvalue weighted by molar-refractivity contribution is 0.861. The van der Waals surface area contributed by atoms with E-state index in [-0.39, 0.29) is 6.04 Å². The zero-order chi connectivity index (χ0) is 18.9. The van der Waals surface area contributed by atoms with Crippen molar-refractivity contribution in [2.75, 3.05) is 5.32 Å². The minimum atomic E-state index is 0.0703. The van der Waals surface area contributed by atoms with E-state index >= 15 is 0 Å². The number of rotatable bonds is 4. The van der Waals surface area contributed by atoms with Gasteiger partial charge in [-0.2, -0.15) is 4.98 Å². The molecule has 0 spiro atoms. The summed E-state index contributed by atoms with van der Waals surface area (Å²) in [6, 6.07) is 24.8. The van der Waals surface area contributed by atoms with Gasteiger partial charge in [0.15, 0.2) is 0 Å². The predicted molar refractivity (Wildman–Crippen MR) is 113 cm³/mol. The van der Waals surface area contributed by atoms with Gasteiger partial charge >= 0.3 is 0 Å². The Morgan fingerprint density at radius 2 is 1.68 bits per heavy atom. The second-order valence-electron chi connectivity index (χ2n) is 6.78.